The highest BCUT2D eigenvalue weighted by Crippen LogP contribution is 2.18. The zero-order chi connectivity index (χ0) is 15.4. The first-order chi connectivity index (χ1) is 10.7. The van der Waals surface area contributed by atoms with Crippen molar-refractivity contribution >= 4 is 5.91 Å². The van der Waals surface area contributed by atoms with Crippen molar-refractivity contribution in [3.8, 4) is 11.6 Å². The molecule has 22 heavy (non-hydrogen) atoms. The van der Waals surface area contributed by atoms with E-state index in [1.54, 1.807) is 18.4 Å². The summed E-state index contributed by atoms with van der Waals surface area (Å²) in [6.07, 6.45) is 6.16. The number of amides is 1. The van der Waals surface area contributed by atoms with E-state index in [-0.39, 0.29) is 18.0 Å². The van der Waals surface area contributed by atoms with Gasteiger partial charge in [0.25, 0.3) is 0 Å². The minimum atomic E-state index is 0.0122. The molecule has 2 heterocycles. The molecule has 0 spiro atoms. The SMILES string of the molecule is NC1CCC(NC(=O)CCc2nc(-c3ccco3)no2)CC1. The summed E-state index contributed by atoms with van der Waals surface area (Å²) in [5.74, 6) is 1.41. The van der Waals surface area contributed by atoms with Crippen molar-refractivity contribution in [1.29, 1.82) is 0 Å². The van der Waals surface area contributed by atoms with Crippen LogP contribution in [0.25, 0.3) is 11.6 Å². The molecule has 1 fully saturated rings. The minimum absolute atomic E-state index is 0.0122. The van der Waals surface area contributed by atoms with E-state index in [0.717, 1.165) is 25.7 Å². The Hall–Kier alpha value is -2.15. The van der Waals surface area contributed by atoms with Gasteiger partial charge in [-0.3, -0.25) is 4.79 Å². The van der Waals surface area contributed by atoms with Crippen LogP contribution in [0.1, 0.15) is 38.0 Å². The van der Waals surface area contributed by atoms with Crippen LogP contribution < -0.4 is 11.1 Å². The predicted octanol–water partition coefficient (Wildman–Crippen LogP) is 1.65. The summed E-state index contributed by atoms with van der Waals surface area (Å²) in [7, 11) is 0. The molecule has 1 aliphatic rings. The van der Waals surface area contributed by atoms with Crippen LogP contribution in [0.2, 0.25) is 0 Å². The normalized spacial score (nSPS) is 21.7. The van der Waals surface area contributed by atoms with Crippen LogP contribution in [-0.4, -0.2) is 28.1 Å². The van der Waals surface area contributed by atoms with Crippen LogP contribution in [0, 0.1) is 0 Å². The van der Waals surface area contributed by atoms with Gasteiger partial charge in [0.1, 0.15) is 0 Å². The highest BCUT2D eigenvalue weighted by atomic mass is 16.5. The molecule has 3 N–H and O–H groups in total. The van der Waals surface area contributed by atoms with E-state index in [2.05, 4.69) is 15.5 Å². The average molecular weight is 304 g/mol. The van der Waals surface area contributed by atoms with E-state index in [0.29, 0.717) is 30.3 Å². The minimum Gasteiger partial charge on any atom is -0.461 e. The smallest absolute Gasteiger partial charge is 0.238 e. The number of rotatable bonds is 5. The molecule has 7 heteroatoms. The van der Waals surface area contributed by atoms with Crippen LogP contribution in [-0.2, 0) is 11.2 Å². The highest BCUT2D eigenvalue weighted by molar-refractivity contribution is 5.76. The first-order valence-corrected chi connectivity index (χ1v) is 7.62. The van der Waals surface area contributed by atoms with Gasteiger partial charge in [0.2, 0.25) is 17.6 Å². The van der Waals surface area contributed by atoms with E-state index in [1.165, 1.54) is 0 Å². The van der Waals surface area contributed by atoms with Crippen molar-refractivity contribution in [3.05, 3.63) is 24.3 Å². The molecule has 118 valence electrons. The van der Waals surface area contributed by atoms with E-state index >= 15 is 0 Å². The number of aromatic nitrogens is 2. The Balaban J connectivity index is 1.45. The Morgan fingerprint density at radius 2 is 2.18 bits per heavy atom. The van der Waals surface area contributed by atoms with E-state index in [4.69, 9.17) is 14.7 Å². The molecule has 0 saturated heterocycles. The lowest BCUT2D eigenvalue weighted by Crippen LogP contribution is -2.40. The van der Waals surface area contributed by atoms with Crippen molar-refractivity contribution in [2.24, 2.45) is 5.73 Å². The third-order valence-electron chi connectivity index (χ3n) is 3.91. The molecule has 0 unspecified atom stereocenters. The van der Waals surface area contributed by atoms with Gasteiger partial charge in [-0.2, -0.15) is 4.98 Å². The summed E-state index contributed by atoms with van der Waals surface area (Å²) in [6.45, 7) is 0. The second-order valence-electron chi connectivity index (χ2n) is 5.67. The monoisotopic (exact) mass is 304 g/mol. The second-order valence-corrected chi connectivity index (χ2v) is 5.67. The van der Waals surface area contributed by atoms with Gasteiger partial charge in [0.05, 0.1) is 6.26 Å². The first-order valence-electron chi connectivity index (χ1n) is 7.62. The average Bonchev–Trinajstić information content (AvgIpc) is 3.18. The molecule has 2 aromatic heterocycles. The fourth-order valence-corrected chi connectivity index (χ4v) is 2.65. The quantitative estimate of drug-likeness (QED) is 0.869. The van der Waals surface area contributed by atoms with Crippen molar-refractivity contribution < 1.29 is 13.7 Å². The molecule has 0 aromatic carbocycles. The molecule has 1 saturated carbocycles. The molecule has 3 rings (SSSR count). The lowest BCUT2D eigenvalue weighted by molar-refractivity contribution is -0.122. The largest absolute Gasteiger partial charge is 0.461 e. The Morgan fingerprint density at radius 3 is 2.91 bits per heavy atom. The third-order valence-corrected chi connectivity index (χ3v) is 3.91. The lowest BCUT2D eigenvalue weighted by Gasteiger charge is -2.26. The molecule has 0 aliphatic heterocycles. The van der Waals surface area contributed by atoms with Gasteiger partial charge in [-0.05, 0) is 37.8 Å². The maximum absolute atomic E-state index is 12.0. The zero-order valence-electron chi connectivity index (χ0n) is 12.3. The summed E-state index contributed by atoms with van der Waals surface area (Å²) in [4.78, 5) is 16.2. The third kappa shape index (κ3) is 3.73. The van der Waals surface area contributed by atoms with Gasteiger partial charge in [-0.25, -0.2) is 0 Å². The molecule has 1 aliphatic carbocycles. The first kappa shape index (κ1) is 14.8. The highest BCUT2D eigenvalue weighted by Gasteiger charge is 2.20. The molecule has 2 aromatic rings. The lowest BCUT2D eigenvalue weighted by atomic mass is 9.92. The fraction of sp³-hybridized carbons (Fsp3) is 0.533. The van der Waals surface area contributed by atoms with Crippen molar-refractivity contribution in [3.63, 3.8) is 0 Å². The molecule has 1 amide bonds. The van der Waals surface area contributed by atoms with Gasteiger partial charge in [-0.15, -0.1) is 0 Å². The number of nitrogens with two attached hydrogens (primary N) is 1. The number of hydrogen-bond acceptors (Lipinski definition) is 6. The molecular weight excluding hydrogens is 284 g/mol. The standard InChI is InChI=1S/C15H20N4O3/c16-10-3-5-11(6-4-10)17-13(20)7-8-14-18-15(19-22-14)12-2-1-9-21-12/h1-2,9-11H,3-8,16H2,(H,17,20). The Labute approximate surface area is 128 Å². The van der Waals surface area contributed by atoms with Crippen LogP contribution in [0.3, 0.4) is 0 Å². The number of aryl methyl sites for hydroxylation is 1. The second kappa shape index (κ2) is 6.74. The van der Waals surface area contributed by atoms with Gasteiger partial charge in [0, 0.05) is 24.9 Å². The van der Waals surface area contributed by atoms with E-state index < -0.39 is 0 Å². The van der Waals surface area contributed by atoms with E-state index in [1.807, 2.05) is 0 Å². The Morgan fingerprint density at radius 1 is 1.36 bits per heavy atom. The fourth-order valence-electron chi connectivity index (χ4n) is 2.65. The Kier molecular flexibility index (Phi) is 4.53. The summed E-state index contributed by atoms with van der Waals surface area (Å²) >= 11 is 0. The van der Waals surface area contributed by atoms with Gasteiger partial charge in [-0.1, -0.05) is 5.16 Å². The summed E-state index contributed by atoms with van der Waals surface area (Å²) in [6, 6.07) is 4.05. The van der Waals surface area contributed by atoms with Gasteiger partial charge < -0.3 is 20.0 Å². The predicted molar refractivity (Wildman–Crippen MR) is 78.7 cm³/mol. The van der Waals surface area contributed by atoms with Crippen molar-refractivity contribution in [2.75, 3.05) is 0 Å². The van der Waals surface area contributed by atoms with Crippen molar-refractivity contribution in [1.82, 2.24) is 15.5 Å². The van der Waals surface area contributed by atoms with Crippen molar-refractivity contribution in [2.45, 2.75) is 50.6 Å². The van der Waals surface area contributed by atoms with E-state index in [9.17, 15) is 4.79 Å². The van der Waals surface area contributed by atoms with Crippen LogP contribution >= 0.6 is 0 Å². The van der Waals surface area contributed by atoms with Crippen LogP contribution in [0.5, 0.6) is 0 Å². The number of hydrogen-bond donors (Lipinski definition) is 2. The maximum atomic E-state index is 12.0. The summed E-state index contributed by atoms with van der Waals surface area (Å²) in [5, 5.41) is 6.88. The number of furan rings is 1. The molecule has 0 atom stereocenters. The number of nitrogens with one attached hydrogen (secondary N) is 1. The van der Waals surface area contributed by atoms with Gasteiger partial charge in [0.15, 0.2) is 5.76 Å². The zero-order valence-corrected chi connectivity index (χ0v) is 12.3. The number of carbonyl (C=O) groups is 1. The summed E-state index contributed by atoms with van der Waals surface area (Å²) in [5.41, 5.74) is 5.86. The summed E-state index contributed by atoms with van der Waals surface area (Å²) < 4.78 is 10.3. The maximum Gasteiger partial charge on any atom is 0.238 e. The number of nitrogens with zero attached hydrogens (tertiary/aromatic N) is 2. The van der Waals surface area contributed by atoms with Gasteiger partial charge >= 0.3 is 0 Å². The molecular formula is C15H20N4O3. The van der Waals surface area contributed by atoms with Crippen LogP contribution in [0.15, 0.2) is 27.3 Å². The number of carbonyl (C=O) groups excluding carboxylic acids is 1. The molecule has 0 radical (unpaired) electrons. The molecule has 7 nitrogen and oxygen atoms in total. The Bertz CT molecular complexity index is 600. The molecule has 0 bridgehead atoms. The topological polar surface area (TPSA) is 107 Å². The van der Waals surface area contributed by atoms with Crippen LogP contribution in [0.4, 0.5) is 0 Å².